The Morgan fingerprint density at radius 1 is 1.35 bits per heavy atom. The number of nitrogens with one attached hydrogen (secondary N) is 1. The van der Waals surface area contributed by atoms with E-state index in [1.54, 1.807) is 10.9 Å². The van der Waals surface area contributed by atoms with Gasteiger partial charge in [-0.15, -0.1) is 5.10 Å². The molecule has 0 saturated heterocycles. The van der Waals surface area contributed by atoms with Gasteiger partial charge in [-0.25, -0.2) is 4.68 Å². The molecule has 0 bridgehead atoms. The van der Waals surface area contributed by atoms with Crippen molar-refractivity contribution in [3.63, 3.8) is 0 Å². The molecule has 1 aromatic carbocycles. The first-order chi connectivity index (χ1) is 11.2. The fourth-order valence-electron chi connectivity index (χ4n) is 2.75. The van der Waals surface area contributed by atoms with Gasteiger partial charge >= 0.3 is 0 Å². The standard InChI is InChI=1S/C17H22N4O2/c1-13(17(22)18-14-7-5-6-8-14)21-11-15(19-20-21)12-23-16-9-3-2-4-10-16/h2-4,9-11,13-14H,5-8,12H2,1H3,(H,18,22)/t13-/m1/s1. The highest BCUT2D eigenvalue weighted by Gasteiger charge is 2.22. The third-order valence-corrected chi connectivity index (χ3v) is 4.17. The molecule has 23 heavy (non-hydrogen) atoms. The van der Waals surface area contributed by atoms with Gasteiger partial charge < -0.3 is 10.1 Å². The molecule has 1 atom stereocenters. The first-order valence-electron chi connectivity index (χ1n) is 8.11. The second kappa shape index (κ2) is 7.26. The van der Waals surface area contributed by atoms with E-state index in [2.05, 4.69) is 15.6 Å². The van der Waals surface area contributed by atoms with E-state index in [9.17, 15) is 4.79 Å². The van der Waals surface area contributed by atoms with Crippen LogP contribution in [0.1, 0.15) is 44.3 Å². The van der Waals surface area contributed by atoms with Crippen LogP contribution in [0.15, 0.2) is 36.5 Å². The van der Waals surface area contributed by atoms with E-state index in [-0.39, 0.29) is 11.9 Å². The highest BCUT2D eigenvalue weighted by Crippen LogP contribution is 2.18. The van der Waals surface area contributed by atoms with Gasteiger partial charge in [-0.05, 0) is 31.9 Å². The lowest BCUT2D eigenvalue weighted by Crippen LogP contribution is -2.37. The maximum Gasteiger partial charge on any atom is 0.244 e. The van der Waals surface area contributed by atoms with Crippen molar-refractivity contribution in [3.8, 4) is 5.75 Å². The fraction of sp³-hybridized carbons (Fsp3) is 0.471. The van der Waals surface area contributed by atoms with Gasteiger partial charge in [-0.2, -0.15) is 0 Å². The van der Waals surface area contributed by atoms with E-state index < -0.39 is 0 Å². The van der Waals surface area contributed by atoms with E-state index in [1.165, 1.54) is 12.8 Å². The Labute approximate surface area is 135 Å². The second-order valence-electron chi connectivity index (χ2n) is 5.96. The molecular formula is C17H22N4O2. The molecule has 122 valence electrons. The van der Waals surface area contributed by atoms with Gasteiger partial charge in [0.05, 0.1) is 6.20 Å². The number of carbonyl (C=O) groups excluding carboxylic acids is 1. The number of hydrogen-bond acceptors (Lipinski definition) is 4. The summed E-state index contributed by atoms with van der Waals surface area (Å²) in [6, 6.07) is 9.50. The molecule has 1 fully saturated rings. The van der Waals surface area contributed by atoms with Crippen LogP contribution in [0.2, 0.25) is 0 Å². The first-order valence-corrected chi connectivity index (χ1v) is 8.11. The maximum absolute atomic E-state index is 12.3. The number of hydrogen-bond donors (Lipinski definition) is 1. The minimum absolute atomic E-state index is 0.00247. The molecule has 6 nitrogen and oxygen atoms in total. The van der Waals surface area contributed by atoms with Crippen molar-refractivity contribution in [2.75, 3.05) is 0 Å². The molecule has 1 N–H and O–H groups in total. The summed E-state index contributed by atoms with van der Waals surface area (Å²) in [7, 11) is 0. The average molecular weight is 314 g/mol. The number of para-hydroxylation sites is 1. The third-order valence-electron chi connectivity index (χ3n) is 4.17. The summed E-state index contributed by atoms with van der Waals surface area (Å²) in [5.74, 6) is 0.784. The summed E-state index contributed by atoms with van der Waals surface area (Å²) in [5.41, 5.74) is 0.703. The zero-order chi connectivity index (χ0) is 16.1. The van der Waals surface area contributed by atoms with Gasteiger partial charge in [0.1, 0.15) is 24.1 Å². The maximum atomic E-state index is 12.3. The zero-order valence-corrected chi connectivity index (χ0v) is 13.3. The Kier molecular flexibility index (Phi) is 4.90. The molecule has 6 heteroatoms. The highest BCUT2D eigenvalue weighted by atomic mass is 16.5. The van der Waals surface area contributed by atoms with E-state index in [4.69, 9.17) is 4.74 Å². The molecule has 3 rings (SSSR count). The van der Waals surface area contributed by atoms with Crippen LogP contribution in [-0.4, -0.2) is 26.9 Å². The quantitative estimate of drug-likeness (QED) is 0.889. The average Bonchev–Trinajstić information content (AvgIpc) is 3.25. The molecule has 0 spiro atoms. The molecule has 0 radical (unpaired) electrons. The predicted molar refractivity (Wildman–Crippen MR) is 85.9 cm³/mol. The fourth-order valence-corrected chi connectivity index (χ4v) is 2.75. The van der Waals surface area contributed by atoms with Crippen LogP contribution in [0.5, 0.6) is 5.75 Å². The molecule has 0 aliphatic heterocycles. The SMILES string of the molecule is C[C@H](C(=O)NC1CCCC1)n1cc(COc2ccccc2)nn1. The molecule has 1 aliphatic carbocycles. The lowest BCUT2D eigenvalue weighted by Gasteiger charge is -2.16. The van der Waals surface area contributed by atoms with Crippen molar-refractivity contribution < 1.29 is 9.53 Å². The summed E-state index contributed by atoms with van der Waals surface area (Å²) in [6.07, 6.45) is 6.31. The second-order valence-corrected chi connectivity index (χ2v) is 5.96. The van der Waals surface area contributed by atoms with E-state index >= 15 is 0 Å². The molecule has 1 heterocycles. The number of amides is 1. The number of nitrogens with zero attached hydrogens (tertiary/aromatic N) is 3. The lowest BCUT2D eigenvalue weighted by atomic mass is 10.2. The van der Waals surface area contributed by atoms with Gasteiger partial charge in [0.25, 0.3) is 0 Å². The predicted octanol–water partition coefficient (Wildman–Crippen LogP) is 2.48. The lowest BCUT2D eigenvalue weighted by molar-refractivity contribution is -0.124. The summed E-state index contributed by atoms with van der Waals surface area (Å²) in [4.78, 5) is 12.3. The van der Waals surface area contributed by atoms with Crippen molar-refractivity contribution in [2.24, 2.45) is 0 Å². The Morgan fingerprint density at radius 3 is 2.83 bits per heavy atom. The van der Waals surface area contributed by atoms with Crippen LogP contribution >= 0.6 is 0 Å². The first kappa shape index (κ1) is 15.5. The Hall–Kier alpha value is -2.37. The summed E-state index contributed by atoms with van der Waals surface area (Å²) < 4.78 is 7.23. The van der Waals surface area contributed by atoms with Gasteiger partial charge in [-0.1, -0.05) is 36.3 Å². The van der Waals surface area contributed by atoms with Crippen molar-refractivity contribution in [3.05, 3.63) is 42.2 Å². The summed E-state index contributed by atoms with van der Waals surface area (Å²) in [6.45, 7) is 2.17. The van der Waals surface area contributed by atoms with Crippen molar-refractivity contribution >= 4 is 5.91 Å². The smallest absolute Gasteiger partial charge is 0.244 e. The van der Waals surface area contributed by atoms with Crippen LogP contribution in [0.3, 0.4) is 0 Å². The van der Waals surface area contributed by atoms with Crippen LogP contribution in [-0.2, 0) is 11.4 Å². The minimum atomic E-state index is -0.367. The third kappa shape index (κ3) is 4.09. The number of aromatic nitrogens is 3. The zero-order valence-electron chi connectivity index (χ0n) is 13.3. The largest absolute Gasteiger partial charge is 0.487 e. The molecule has 1 aliphatic rings. The summed E-state index contributed by atoms with van der Waals surface area (Å²) in [5, 5.41) is 11.2. The monoisotopic (exact) mass is 314 g/mol. The molecule has 1 saturated carbocycles. The Bertz CT molecular complexity index is 635. The molecule has 0 unspecified atom stereocenters. The van der Waals surface area contributed by atoms with E-state index in [1.807, 2.05) is 37.3 Å². The Balaban J connectivity index is 1.54. The van der Waals surface area contributed by atoms with Gasteiger partial charge in [0.15, 0.2) is 0 Å². The Morgan fingerprint density at radius 2 is 2.09 bits per heavy atom. The number of carbonyl (C=O) groups is 1. The van der Waals surface area contributed by atoms with Gasteiger partial charge in [-0.3, -0.25) is 4.79 Å². The van der Waals surface area contributed by atoms with Crippen LogP contribution < -0.4 is 10.1 Å². The minimum Gasteiger partial charge on any atom is -0.487 e. The highest BCUT2D eigenvalue weighted by molar-refractivity contribution is 5.80. The van der Waals surface area contributed by atoms with Crippen LogP contribution in [0.25, 0.3) is 0 Å². The molecule has 1 amide bonds. The molecule has 1 aromatic heterocycles. The number of rotatable bonds is 6. The molecular weight excluding hydrogens is 292 g/mol. The van der Waals surface area contributed by atoms with Gasteiger partial charge in [0, 0.05) is 6.04 Å². The normalized spacial score (nSPS) is 16.2. The van der Waals surface area contributed by atoms with Gasteiger partial charge in [0.2, 0.25) is 5.91 Å². The number of benzene rings is 1. The van der Waals surface area contributed by atoms with Crippen LogP contribution in [0, 0.1) is 0 Å². The van der Waals surface area contributed by atoms with E-state index in [0.717, 1.165) is 18.6 Å². The van der Waals surface area contributed by atoms with Crippen molar-refractivity contribution in [1.29, 1.82) is 0 Å². The number of ether oxygens (including phenoxy) is 1. The summed E-state index contributed by atoms with van der Waals surface area (Å²) >= 11 is 0. The van der Waals surface area contributed by atoms with Crippen LogP contribution in [0.4, 0.5) is 0 Å². The molecule has 2 aromatic rings. The van der Waals surface area contributed by atoms with Crippen molar-refractivity contribution in [1.82, 2.24) is 20.3 Å². The van der Waals surface area contributed by atoms with Crippen molar-refractivity contribution in [2.45, 2.75) is 51.3 Å². The van der Waals surface area contributed by atoms with E-state index in [0.29, 0.717) is 18.3 Å². The topological polar surface area (TPSA) is 69.0 Å².